The Labute approximate surface area is 162 Å². The van der Waals surface area contributed by atoms with Crippen molar-refractivity contribution in [3.8, 4) is 22.9 Å². The molecule has 1 amide bonds. The van der Waals surface area contributed by atoms with E-state index in [1.165, 1.54) is 21.3 Å². The van der Waals surface area contributed by atoms with Crippen LogP contribution >= 0.6 is 11.6 Å². The predicted molar refractivity (Wildman–Crippen MR) is 105 cm³/mol. The Morgan fingerprint density at radius 3 is 2.19 bits per heavy atom. The van der Waals surface area contributed by atoms with Crippen LogP contribution in [0.5, 0.6) is 17.2 Å². The summed E-state index contributed by atoms with van der Waals surface area (Å²) in [4.78, 5) is 12.9. The fourth-order valence-corrected chi connectivity index (χ4v) is 2.88. The Kier molecular flexibility index (Phi) is 5.57. The summed E-state index contributed by atoms with van der Waals surface area (Å²) < 4.78 is 17.8. The number of amides is 1. The number of benzene rings is 2. The van der Waals surface area contributed by atoms with Crippen LogP contribution in [-0.4, -0.2) is 31.8 Å². The average Bonchev–Trinajstić information content (AvgIpc) is 3.22. The molecule has 0 fully saturated rings. The Hall–Kier alpha value is -3.12. The highest BCUT2D eigenvalue weighted by molar-refractivity contribution is 6.31. The maximum absolute atomic E-state index is 12.9. The van der Waals surface area contributed by atoms with Gasteiger partial charge >= 0.3 is 0 Å². The van der Waals surface area contributed by atoms with Gasteiger partial charge in [0.2, 0.25) is 0 Å². The highest BCUT2D eigenvalue weighted by Gasteiger charge is 2.19. The van der Waals surface area contributed by atoms with Gasteiger partial charge in [0.1, 0.15) is 5.75 Å². The predicted octanol–water partition coefficient (Wildman–Crippen LogP) is 4.41. The minimum atomic E-state index is -0.344. The van der Waals surface area contributed by atoms with Gasteiger partial charge in [-0.05, 0) is 30.3 Å². The van der Waals surface area contributed by atoms with Crippen LogP contribution in [0.15, 0.2) is 54.9 Å². The summed E-state index contributed by atoms with van der Waals surface area (Å²) in [6.07, 6.45) is 3.75. The van der Waals surface area contributed by atoms with Crippen LogP contribution in [0.3, 0.4) is 0 Å². The van der Waals surface area contributed by atoms with E-state index in [-0.39, 0.29) is 5.91 Å². The van der Waals surface area contributed by atoms with E-state index in [1.807, 2.05) is 29.1 Å². The molecule has 0 atom stereocenters. The van der Waals surface area contributed by atoms with Gasteiger partial charge in [0.25, 0.3) is 5.91 Å². The first-order valence-corrected chi connectivity index (χ1v) is 8.49. The van der Waals surface area contributed by atoms with Gasteiger partial charge in [-0.3, -0.25) is 4.79 Å². The van der Waals surface area contributed by atoms with E-state index in [4.69, 9.17) is 25.8 Å². The zero-order valence-corrected chi connectivity index (χ0v) is 15.9. The van der Waals surface area contributed by atoms with Gasteiger partial charge < -0.3 is 24.1 Å². The van der Waals surface area contributed by atoms with Crippen molar-refractivity contribution in [1.82, 2.24) is 4.57 Å². The van der Waals surface area contributed by atoms with Gasteiger partial charge in [0.15, 0.2) is 11.5 Å². The molecule has 0 unspecified atom stereocenters. The summed E-state index contributed by atoms with van der Waals surface area (Å²) in [6.45, 7) is 0. The number of anilines is 1. The molecular weight excluding hydrogens is 368 g/mol. The molecule has 0 spiro atoms. The molecule has 1 aromatic heterocycles. The van der Waals surface area contributed by atoms with Crippen LogP contribution in [0.2, 0.25) is 5.02 Å². The number of nitrogens with zero attached hydrogens (tertiary/aromatic N) is 1. The van der Waals surface area contributed by atoms with Crippen LogP contribution in [0.1, 0.15) is 10.4 Å². The van der Waals surface area contributed by atoms with Gasteiger partial charge in [-0.1, -0.05) is 11.6 Å². The van der Waals surface area contributed by atoms with Crippen molar-refractivity contribution in [2.24, 2.45) is 0 Å². The van der Waals surface area contributed by atoms with Crippen molar-refractivity contribution in [3.05, 3.63) is 65.4 Å². The lowest BCUT2D eigenvalue weighted by Crippen LogP contribution is -2.15. The molecule has 1 N–H and O–H groups in total. The number of rotatable bonds is 6. The second-order valence-electron chi connectivity index (χ2n) is 5.61. The molecule has 6 nitrogen and oxygen atoms in total. The van der Waals surface area contributed by atoms with Crippen LogP contribution in [0.4, 0.5) is 5.69 Å². The average molecular weight is 387 g/mol. The van der Waals surface area contributed by atoms with Gasteiger partial charge in [0, 0.05) is 29.5 Å². The number of carbonyl (C=O) groups excluding carboxylic acids is 1. The molecule has 0 bridgehead atoms. The molecule has 0 radical (unpaired) electrons. The number of aromatic nitrogens is 1. The molecule has 0 saturated heterocycles. The van der Waals surface area contributed by atoms with Crippen molar-refractivity contribution in [2.45, 2.75) is 0 Å². The first-order chi connectivity index (χ1) is 13.1. The van der Waals surface area contributed by atoms with E-state index < -0.39 is 0 Å². The molecule has 3 aromatic rings. The molecule has 1 heterocycles. The summed E-state index contributed by atoms with van der Waals surface area (Å²) in [6, 6.07) is 12.2. The van der Waals surface area contributed by atoms with Crippen molar-refractivity contribution in [1.29, 1.82) is 0 Å². The lowest BCUT2D eigenvalue weighted by molar-refractivity contribution is 0.102. The largest absolute Gasteiger partial charge is 0.496 e. The molecule has 3 rings (SSSR count). The fourth-order valence-electron chi connectivity index (χ4n) is 2.72. The number of hydrogen-bond acceptors (Lipinski definition) is 4. The third-order valence-electron chi connectivity index (χ3n) is 4.04. The Balaban J connectivity index is 1.99. The number of halogens is 1. The van der Waals surface area contributed by atoms with Crippen molar-refractivity contribution >= 4 is 23.2 Å². The summed E-state index contributed by atoms with van der Waals surface area (Å²) in [7, 11) is 4.52. The van der Waals surface area contributed by atoms with Gasteiger partial charge in [-0.15, -0.1) is 0 Å². The maximum atomic E-state index is 12.9. The first kappa shape index (κ1) is 18.7. The van der Waals surface area contributed by atoms with Crippen molar-refractivity contribution in [2.75, 3.05) is 26.6 Å². The molecule has 0 saturated carbocycles. The highest BCUT2D eigenvalue weighted by Crippen LogP contribution is 2.35. The van der Waals surface area contributed by atoms with Gasteiger partial charge in [-0.25, -0.2) is 0 Å². The number of methoxy groups -OCH3 is 3. The van der Waals surface area contributed by atoms with E-state index in [0.29, 0.717) is 33.5 Å². The van der Waals surface area contributed by atoms with Crippen LogP contribution in [0.25, 0.3) is 5.69 Å². The van der Waals surface area contributed by atoms with Crippen molar-refractivity contribution < 1.29 is 19.0 Å². The molecule has 2 aromatic carbocycles. The number of ether oxygens (including phenoxy) is 3. The second-order valence-corrected chi connectivity index (χ2v) is 6.05. The molecule has 0 aliphatic carbocycles. The lowest BCUT2D eigenvalue weighted by atomic mass is 10.1. The van der Waals surface area contributed by atoms with Crippen LogP contribution in [-0.2, 0) is 0 Å². The molecule has 0 aliphatic heterocycles. The van der Waals surface area contributed by atoms with E-state index in [2.05, 4.69) is 5.32 Å². The topological polar surface area (TPSA) is 61.7 Å². The lowest BCUT2D eigenvalue weighted by Gasteiger charge is -2.16. The Morgan fingerprint density at radius 1 is 0.926 bits per heavy atom. The highest BCUT2D eigenvalue weighted by atomic mass is 35.5. The SMILES string of the molecule is COc1cc(OC)c(C(=O)Nc2ccc(Cl)cc2-n2cccc2)cc1OC. The second kappa shape index (κ2) is 8.05. The maximum Gasteiger partial charge on any atom is 0.259 e. The summed E-state index contributed by atoms with van der Waals surface area (Å²) in [5.41, 5.74) is 1.68. The van der Waals surface area contributed by atoms with Crippen LogP contribution in [0, 0.1) is 0 Å². The zero-order valence-electron chi connectivity index (χ0n) is 15.2. The third-order valence-corrected chi connectivity index (χ3v) is 4.28. The fraction of sp³-hybridized carbons (Fsp3) is 0.150. The van der Waals surface area contributed by atoms with Gasteiger partial charge in [-0.2, -0.15) is 0 Å². The number of carbonyl (C=O) groups is 1. The van der Waals surface area contributed by atoms with Gasteiger partial charge in [0.05, 0.1) is 38.3 Å². The molecule has 140 valence electrons. The van der Waals surface area contributed by atoms with Crippen LogP contribution < -0.4 is 19.5 Å². The summed E-state index contributed by atoms with van der Waals surface area (Å²) in [5, 5.41) is 3.48. The van der Waals surface area contributed by atoms with E-state index >= 15 is 0 Å². The quantitative estimate of drug-likeness (QED) is 0.681. The minimum absolute atomic E-state index is 0.323. The summed E-state index contributed by atoms with van der Waals surface area (Å²) >= 11 is 6.13. The monoisotopic (exact) mass is 386 g/mol. The normalized spacial score (nSPS) is 10.4. The third kappa shape index (κ3) is 3.85. The van der Waals surface area contributed by atoms with E-state index in [1.54, 1.807) is 30.3 Å². The molecule has 27 heavy (non-hydrogen) atoms. The smallest absolute Gasteiger partial charge is 0.259 e. The van der Waals surface area contributed by atoms with E-state index in [0.717, 1.165) is 5.69 Å². The van der Waals surface area contributed by atoms with Crippen molar-refractivity contribution in [3.63, 3.8) is 0 Å². The molecule has 0 aliphatic rings. The standard InChI is InChI=1S/C20H19ClN2O4/c1-25-17-12-19(27-3)18(26-2)11-14(17)20(24)22-15-7-6-13(21)10-16(15)23-8-4-5-9-23/h4-12H,1-3H3,(H,22,24). The molecular formula is C20H19ClN2O4. The Bertz CT molecular complexity index is 955. The number of hydrogen-bond donors (Lipinski definition) is 1. The minimum Gasteiger partial charge on any atom is -0.496 e. The Morgan fingerprint density at radius 2 is 1.56 bits per heavy atom. The molecule has 7 heteroatoms. The zero-order chi connectivity index (χ0) is 19.4. The number of nitrogens with one attached hydrogen (secondary N) is 1. The van der Waals surface area contributed by atoms with E-state index in [9.17, 15) is 4.79 Å². The first-order valence-electron chi connectivity index (χ1n) is 8.11. The summed E-state index contributed by atoms with van der Waals surface area (Å²) in [5.74, 6) is 0.945.